The fourth-order valence-electron chi connectivity index (χ4n) is 1.26. The van der Waals surface area contributed by atoms with Crippen LogP contribution >= 0.6 is 28.1 Å². The average Bonchev–Trinajstić information content (AvgIpc) is 2.61. The predicted octanol–water partition coefficient (Wildman–Crippen LogP) is 2.60. The minimum Gasteiger partial charge on any atom is -0.508 e. The number of rotatable bonds is 2. The van der Waals surface area contributed by atoms with Crippen molar-refractivity contribution in [2.45, 2.75) is 6.92 Å². The molecule has 0 saturated heterocycles. The van der Waals surface area contributed by atoms with Gasteiger partial charge >= 0.3 is 0 Å². The summed E-state index contributed by atoms with van der Waals surface area (Å²) in [4.78, 5) is 0. The fraction of sp³-hybridized carbons (Fsp3) is 0.100. The number of hydrogen-bond donors (Lipinski definition) is 2. The van der Waals surface area contributed by atoms with Crippen LogP contribution in [0, 0.1) is 11.7 Å². The highest BCUT2D eigenvalue weighted by Gasteiger charge is 2.00. The topological polar surface area (TPSA) is 66.2 Å². The molecule has 0 aliphatic heterocycles. The van der Waals surface area contributed by atoms with Gasteiger partial charge in [-0.3, -0.25) is 5.10 Å². The summed E-state index contributed by atoms with van der Waals surface area (Å²) in [5, 5.41) is 20.1. The molecule has 0 bridgehead atoms. The molecule has 2 aromatic rings. The van der Waals surface area contributed by atoms with Gasteiger partial charge in [0.2, 0.25) is 4.77 Å². The Kier molecular flexibility index (Phi) is 3.39. The molecule has 0 aliphatic rings. The lowest BCUT2D eigenvalue weighted by Crippen LogP contribution is -1.94. The maximum atomic E-state index is 9.38. The number of halogens is 1. The summed E-state index contributed by atoms with van der Waals surface area (Å²) in [7, 11) is 0. The number of aryl methyl sites for hydroxylation is 1. The Morgan fingerprint density at radius 2 is 2.35 bits per heavy atom. The standard InChI is InChI=1S/C10H9BrN4OS/c1-6-13-14-10(17)15(6)12-5-7-4-8(16)2-3-9(7)11/h2-5,16H,1H3,(H,14,17)/b12-5+. The minimum absolute atomic E-state index is 0.183. The number of phenolic OH excluding ortho intramolecular Hbond substituents is 1. The van der Waals surface area contributed by atoms with Gasteiger partial charge in [-0.1, -0.05) is 15.9 Å². The number of aromatic hydroxyl groups is 1. The van der Waals surface area contributed by atoms with Crippen LogP contribution in [0.1, 0.15) is 11.4 Å². The zero-order valence-corrected chi connectivity index (χ0v) is 11.3. The van der Waals surface area contributed by atoms with Crippen LogP contribution in [0.15, 0.2) is 27.8 Å². The van der Waals surface area contributed by atoms with E-state index in [0.29, 0.717) is 10.6 Å². The number of benzene rings is 1. The summed E-state index contributed by atoms with van der Waals surface area (Å²) >= 11 is 8.39. The molecule has 0 fully saturated rings. The zero-order chi connectivity index (χ0) is 12.4. The van der Waals surface area contributed by atoms with Gasteiger partial charge < -0.3 is 5.11 Å². The van der Waals surface area contributed by atoms with E-state index < -0.39 is 0 Å². The first-order valence-corrected chi connectivity index (χ1v) is 5.95. The van der Waals surface area contributed by atoms with E-state index in [1.807, 2.05) is 0 Å². The molecule has 1 heterocycles. The highest BCUT2D eigenvalue weighted by Crippen LogP contribution is 2.20. The van der Waals surface area contributed by atoms with Crippen molar-refractivity contribution in [2.75, 3.05) is 0 Å². The Bertz CT molecular complexity index is 631. The van der Waals surface area contributed by atoms with Gasteiger partial charge in [-0.05, 0) is 37.3 Å². The van der Waals surface area contributed by atoms with Gasteiger partial charge in [0, 0.05) is 10.0 Å². The van der Waals surface area contributed by atoms with Crippen molar-refractivity contribution in [1.82, 2.24) is 14.9 Å². The summed E-state index contributed by atoms with van der Waals surface area (Å²) in [5.41, 5.74) is 0.757. The van der Waals surface area contributed by atoms with Crippen LogP contribution in [0.3, 0.4) is 0 Å². The summed E-state index contributed by atoms with van der Waals surface area (Å²) in [6, 6.07) is 4.95. The molecule has 0 atom stereocenters. The number of nitrogens with one attached hydrogen (secondary N) is 1. The monoisotopic (exact) mass is 312 g/mol. The zero-order valence-electron chi connectivity index (χ0n) is 8.88. The second-order valence-electron chi connectivity index (χ2n) is 3.34. The van der Waals surface area contributed by atoms with E-state index in [-0.39, 0.29) is 5.75 Å². The maximum Gasteiger partial charge on any atom is 0.216 e. The number of nitrogens with zero attached hydrogens (tertiary/aromatic N) is 3. The number of aromatic nitrogens is 3. The second kappa shape index (κ2) is 4.80. The first-order valence-electron chi connectivity index (χ1n) is 4.75. The van der Waals surface area contributed by atoms with E-state index >= 15 is 0 Å². The lowest BCUT2D eigenvalue weighted by Gasteiger charge is -1.99. The Morgan fingerprint density at radius 1 is 1.59 bits per heavy atom. The van der Waals surface area contributed by atoms with Crippen LogP contribution in [0.4, 0.5) is 0 Å². The lowest BCUT2D eigenvalue weighted by molar-refractivity contribution is 0.475. The first kappa shape index (κ1) is 12.0. The molecule has 88 valence electrons. The van der Waals surface area contributed by atoms with Gasteiger partial charge in [-0.15, -0.1) is 0 Å². The molecule has 0 saturated carbocycles. The third-order valence-corrected chi connectivity index (χ3v) is 3.09. The van der Waals surface area contributed by atoms with Crippen LogP contribution in [0.25, 0.3) is 0 Å². The molecule has 0 unspecified atom stereocenters. The van der Waals surface area contributed by atoms with Crippen molar-refractivity contribution in [2.24, 2.45) is 5.10 Å². The minimum atomic E-state index is 0.183. The highest BCUT2D eigenvalue weighted by atomic mass is 79.9. The maximum absolute atomic E-state index is 9.38. The van der Waals surface area contributed by atoms with Crippen molar-refractivity contribution in [1.29, 1.82) is 0 Å². The van der Waals surface area contributed by atoms with Crippen LogP contribution in [0.2, 0.25) is 0 Å². The van der Waals surface area contributed by atoms with Gasteiger partial charge in [0.15, 0.2) is 0 Å². The molecule has 0 spiro atoms. The van der Waals surface area contributed by atoms with Gasteiger partial charge in [-0.25, -0.2) is 0 Å². The largest absolute Gasteiger partial charge is 0.508 e. The quantitative estimate of drug-likeness (QED) is 0.661. The van der Waals surface area contributed by atoms with Crippen LogP contribution in [0.5, 0.6) is 5.75 Å². The van der Waals surface area contributed by atoms with Gasteiger partial charge in [0.25, 0.3) is 0 Å². The lowest BCUT2D eigenvalue weighted by atomic mass is 10.2. The molecule has 1 aromatic heterocycles. The Morgan fingerprint density at radius 3 is 3.00 bits per heavy atom. The van der Waals surface area contributed by atoms with E-state index in [1.54, 1.807) is 31.3 Å². The Labute approximate surface area is 111 Å². The molecule has 0 amide bonds. The normalized spacial score (nSPS) is 11.2. The molecule has 0 radical (unpaired) electrons. The van der Waals surface area contributed by atoms with E-state index in [9.17, 15) is 5.11 Å². The van der Waals surface area contributed by atoms with Crippen LogP contribution < -0.4 is 0 Å². The first-order chi connectivity index (χ1) is 8.08. The van der Waals surface area contributed by atoms with Gasteiger partial charge in [0.05, 0.1) is 6.21 Å². The molecule has 2 rings (SSSR count). The average molecular weight is 313 g/mol. The summed E-state index contributed by atoms with van der Waals surface area (Å²) in [6.45, 7) is 1.79. The van der Waals surface area contributed by atoms with Gasteiger partial charge in [0.1, 0.15) is 11.6 Å². The third-order valence-electron chi connectivity index (χ3n) is 2.10. The summed E-state index contributed by atoms with van der Waals surface area (Å²) < 4.78 is 2.77. The predicted molar refractivity (Wildman–Crippen MR) is 70.9 cm³/mol. The molecule has 17 heavy (non-hydrogen) atoms. The number of hydrogen-bond acceptors (Lipinski definition) is 4. The van der Waals surface area contributed by atoms with E-state index in [4.69, 9.17) is 12.2 Å². The molecule has 1 aromatic carbocycles. The Balaban J connectivity index is 2.39. The van der Waals surface area contributed by atoms with Crippen LogP contribution in [-0.4, -0.2) is 26.2 Å². The Hall–Kier alpha value is -1.47. The van der Waals surface area contributed by atoms with Crippen LogP contribution in [-0.2, 0) is 0 Å². The van der Waals surface area contributed by atoms with Crippen molar-refractivity contribution >= 4 is 34.4 Å². The third kappa shape index (κ3) is 2.62. The smallest absolute Gasteiger partial charge is 0.216 e. The highest BCUT2D eigenvalue weighted by molar-refractivity contribution is 9.10. The molecular formula is C10H9BrN4OS. The van der Waals surface area contributed by atoms with Crippen molar-refractivity contribution < 1.29 is 5.11 Å². The van der Waals surface area contributed by atoms with E-state index in [1.165, 1.54) is 4.68 Å². The van der Waals surface area contributed by atoms with E-state index in [2.05, 4.69) is 31.2 Å². The van der Waals surface area contributed by atoms with Crippen molar-refractivity contribution in [3.8, 4) is 5.75 Å². The summed E-state index contributed by atoms with van der Waals surface area (Å²) in [6.07, 6.45) is 1.60. The van der Waals surface area contributed by atoms with Crippen molar-refractivity contribution in [3.05, 3.63) is 38.8 Å². The number of H-pyrrole nitrogens is 1. The van der Waals surface area contributed by atoms with Gasteiger partial charge in [-0.2, -0.15) is 14.9 Å². The molecule has 7 heteroatoms. The SMILES string of the molecule is Cc1n[nH]c(=S)n1/N=C/c1cc(O)ccc1Br. The molecule has 2 N–H and O–H groups in total. The van der Waals surface area contributed by atoms with E-state index in [0.717, 1.165) is 10.0 Å². The van der Waals surface area contributed by atoms with Crippen molar-refractivity contribution in [3.63, 3.8) is 0 Å². The number of phenols is 1. The molecule has 5 nitrogen and oxygen atoms in total. The fourth-order valence-corrected chi connectivity index (χ4v) is 1.83. The second-order valence-corrected chi connectivity index (χ2v) is 4.58. The molecular weight excluding hydrogens is 304 g/mol. The molecule has 0 aliphatic carbocycles. The number of aromatic amines is 1. The summed E-state index contributed by atoms with van der Waals surface area (Å²) in [5.74, 6) is 0.852.